The van der Waals surface area contributed by atoms with Crippen molar-refractivity contribution in [3.8, 4) is 11.4 Å². The van der Waals surface area contributed by atoms with Gasteiger partial charge in [-0.05, 0) is 24.3 Å². The zero-order valence-corrected chi connectivity index (χ0v) is 12.9. The second-order valence-electron chi connectivity index (χ2n) is 4.99. The predicted octanol–water partition coefficient (Wildman–Crippen LogP) is 2.69. The molecule has 0 aliphatic carbocycles. The Hall–Kier alpha value is -3.11. The van der Waals surface area contributed by atoms with Crippen molar-refractivity contribution in [2.24, 2.45) is 0 Å². The molecule has 0 spiro atoms. The van der Waals surface area contributed by atoms with E-state index in [0.29, 0.717) is 5.69 Å². The van der Waals surface area contributed by atoms with Gasteiger partial charge in [-0.25, -0.2) is 4.79 Å². The first-order valence-corrected chi connectivity index (χ1v) is 6.92. The van der Waals surface area contributed by atoms with E-state index in [-0.39, 0.29) is 24.4 Å². The summed E-state index contributed by atoms with van der Waals surface area (Å²) >= 11 is 0. The number of hydrogen-bond acceptors (Lipinski definition) is 5. The van der Waals surface area contributed by atoms with Gasteiger partial charge >= 0.3 is 24.1 Å². The molecule has 0 aliphatic rings. The van der Waals surface area contributed by atoms with Crippen molar-refractivity contribution < 1.29 is 32.4 Å². The molecule has 0 radical (unpaired) electrons. The minimum atomic E-state index is -4.72. The summed E-state index contributed by atoms with van der Waals surface area (Å²) in [4.78, 5) is 26.8. The number of anilines is 1. The van der Waals surface area contributed by atoms with Gasteiger partial charge in [-0.3, -0.25) is 4.79 Å². The number of amides is 2. The molecule has 2 amide bonds. The molecule has 8 nitrogen and oxygen atoms in total. The molecule has 0 saturated heterocycles. The average Bonchev–Trinajstić information content (AvgIpc) is 3.03. The summed E-state index contributed by atoms with van der Waals surface area (Å²) in [5, 5.41) is 14.4. The molecule has 2 N–H and O–H groups in total. The summed E-state index contributed by atoms with van der Waals surface area (Å²) in [7, 11) is 1.44. The van der Waals surface area contributed by atoms with Crippen LogP contribution in [0.25, 0.3) is 11.4 Å². The van der Waals surface area contributed by atoms with Crippen molar-refractivity contribution in [3.05, 3.63) is 30.2 Å². The van der Waals surface area contributed by atoms with Crippen LogP contribution in [0.2, 0.25) is 0 Å². The number of carboxylic acids is 1. The lowest BCUT2D eigenvalue weighted by Crippen LogP contribution is -2.33. The number of hydrogen-bond donors (Lipinski definition) is 2. The van der Waals surface area contributed by atoms with Crippen LogP contribution in [0.1, 0.15) is 12.3 Å². The summed E-state index contributed by atoms with van der Waals surface area (Å²) in [6, 6.07) is 5.20. The zero-order chi connectivity index (χ0) is 18.6. The number of carbonyl (C=O) groups excluding carboxylic acids is 1. The van der Waals surface area contributed by atoms with Crippen LogP contribution >= 0.6 is 0 Å². The molecule has 2 rings (SSSR count). The van der Waals surface area contributed by atoms with Crippen LogP contribution in [0.15, 0.2) is 28.8 Å². The molecule has 2 aromatic rings. The summed E-state index contributed by atoms with van der Waals surface area (Å²) < 4.78 is 41.4. The van der Waals surface area contributed by atoms with Crippen LogP contribution in [0.3, 0.4) is 0 Å². The molecular formula is C14H13F3N4O4. The Balaban J connectivity index is 2.01. The zero-order valence-electron chi connectivity index (χ0n) is 12.9. The Morgan fingerprint density at radius 1 is 1.28 bits per heavy atom. The molecule has 0 unspecified atom stereocenters. The molecule has 25 heavy (non-hydrogen) atoms. The van der Waals surface area contributed by atoms with Crippen molar-refractivity contribution in [3.63, 3.8) is 0 Å². The van der Waals surface area contributed by atoms with Crippen molar-refractivity contribution in [1.82, 2.24) is 15.0 Å². The molecule has 0 atom stereocenters. The van der Waals surface area contributed by atoms with Gasteiger partial charge in [-0.2, -0.15) is 18.2 Å². The lowest BCUT2D eigenvalue weighted by atomic mass is 10.2. The van der Waals surface area contributed by atoms with Crippen molar-refractivity contribution in [2.45, 2.75) is 12.6 Å². The van der Waals surface area contributed by atoms with Crippen molar-refractivity contribution in [2.75, 3.05) is 18.9 Å². The van der Waals surface area contributed by atoms with E-state index in [1.165, 1.54) is 36.2 Å². The maximum absolute atomic E-state index is 12.4. The number of rotatable bonds is 5. The molecule has 0 saturated carbocycles. The number of halogens is 3. The number of nitrogens with zero attached hydrogens (tertiary/aromatic N) is 3. The second-order valence-corrected chi connectivity index (χ2v) is 4.99. The van der Waals surface area contributed by atoms with Gasteiger partial charge in [0.15, 0.2) is 0 Å². The third-order valence-corrected chi connectivity index (χ3v) is 3.07. The SMILES string of the molecule is CN(CCC(=O)O)C(=O)Nc1ccc(-c2noc(C(F)(F)F)n2)cc1. The first-order chi connectivity index (χ1) is 11.7. The Morgan fingerprint density at radius 3 is 2.44 bits per heavy atom. The van der Waals surface area contributed by atoms with E-state index < -0.39 is 24.1 Å². The van der Waals surface area contributed by atoms with E-state index in [1.807, 2.05) is 0 Å². The topological polar surface area (TPSA) is 109 Å². The van der Waals surface area contributed by atoms with Crippen LogP contribution in [0.4, 0.5) is 23.7 Å². The number of carbonyl (C=O) groups is 2. The minimum absolute atomic E-state index is 0.0301. The lowest BCUT2D eigenvalue weighted by Gasteiger charge is -2.16. The van der Waals surface area contributed by atoms with Crippen LogP contribution in [-0.2, 0) is 11.0 Å². The number of carboxylic acid groups (broad SMARTS) is 1. The molecule has 0 fully saturated rings. The van der Waals surface area contributed by atoms with Gasteiger partial charge < -0.3 is 19.8 Å². The average molecular weight is 358 g/mol. The molecule has 134 valence electrons. The van der Waals surface area contributed by atoms with E-state index in [4.69, 9.17) is 5.11 Å². The maximum atomic E-state index is 12.4. The normalized spacial score (nSPS) is 11.2. The first kappa shape index (κ1) is 18.2. The number of benzene rings is 1. The quantitative estimate of drug-likeness (QED) is 0.851. The van der Waals surface area contributed by atoms with Crippen LogP contribution < -0.4 is 5.32 Å². The molecule has 11 heteroatoms. The number of aliphatic carboxylic acids is 1. The van der Waals surface area contributed by atoms with E-state index in [0.717, 1.165) is 0 Å². The first-order valence-electron chi connectivity index (χ1n) is 6.92. The van der Waals surface area contributed by atoms with Crippen molar-refractivity contribution >= 4 is 17.7 Å². The molecule has 1 heterocycles. The summed E-state index contributed by atoms with van der Waals surface area (Å²) in [5.41, 5.74) is 0.645. The fourth-order valence-corrected chi connectivity index (χ4v) is 1.74. The number of aromatic nitrogens is 2. The highest BCUT2D eigenvalue weighted by atomic mass is 19.4. The summed E-state index contributed by atoms with van der Waals surface area (Å²) in [6.45, 7) is 0.0301. The third-order valence-electron chi connectivity index (χ3n) is 3.07. The molecule has 0 aliphatic heterocycles. The van der Waals surface area contributed by atoms with E-state index in [9.17, 15) is 22.8 Å². The van der Waals surface area contributed by atoms with Gasteiger partial charge in [0.2, 0.25) is 5.82 Å². The summed E-state index contributed by atoms with van der Waals surface area (Å²) in [6.07, 6.45) is -4.91. The van der Waals surface area contributed by atoms with Gasteiger partial charge in [0, 0.05) is 24.8 Å². The lowest BCUT2D eigenvalue weighted by molar-refractivity contribution is -0.159. The number of nitrogens with one attached hydrogen (secondary N) is 1. The molecule has 1 aromatic carbocycles. The van der Waals surface area contributed by atoms with Gasteiger partial charge in [0.1, 0.15) is 0 Å². The molecular weight excluding hydrogens is 345 g/mol. The highest BCUT2D eigenvalue weighted by molar-refractivity contribution is 5.89. The predicted molar refractivity (Wildman–Crippen MR) is 78.6 cm³/mol. The smallest absolute Gasteiger partial charge is 0.471 e. The Morgan fingerprint density at radius 2 is 1.92 bits per heavy atom. The van der Waals surface area contributed by atoms with E-state index in [2.05, 4.69) is 20.0 Å². The molecule has 1 aromatic heterocycles. The number of urea groups is 1. The maximum Gasteiger partial charge on any atom is 0.471 e. The van der Waals surface area contributed by atoms with Crippen LogP contribution in [0.5, 0.6) is 0 Å². The van der Waals surface area contributed by atoms with Crippen LogP contribution in [0, 0.1) is 0 Å². The molecule has 0 bridgehead atoms. The fraction of sp³-hybridized carbons (Fsp3) is 0.286. The van der Waals surface area contributed by atoms with E-state index >= 15 is 0 Å². The van der Waals surface area contributed by atoms with Crippen LogP contribution in [-0.4, -0.2) is 45.7 Å². The largest absolute Gasteiger partial charge is 0.481 e. The highest BCUT2D eigenvalue weighted by Gasteiger charge is 2.38. The fourth-order valence-electron chi connectivity index (χ4n) is 1.74. The number of alkyl halides is 3. The Labute approximate surface area is 139 Å². The third kappa shape index (κ3) is 4.93. The van der Waals surface area contributed by atoms with Gasteiger partial charge in [-0.15, -0.1) is 0 Å². The Bertz CT molecular complexity index is 758. The second kappa shape index (κ2) is 7.20. The van der Waals surface area contributed by atoms with E-state index in [1.54, 1.807) is 0 Å². The standard InChI is InChI=1S/C14H13F3N4O4/c1-21(7-6-10(22)23)13(24)18-9-4-2-8(3-5-9)11-19-12(25-20-11)14(15,16)17/h2-5H,6-7H2,1H3,(H,18,24)(H,22,23). The van der Waals surface area contributed by atoms with Gasteiger partial charge in [0.05, 0.1) is 6.42 Å². The summed E-state index contributed by atoms with van der Waals surface area (Å²) in [5.74, 6) is -2.70. The van der Waals surface area contributed by atoms with Gasteiger partial charge in [-0.1, -0.05) is 5.16 Å². The van der Waals surface area contributed by atoms with Gasteiger partial charge in [0.25, 0.3) is 0 Å². The van der Waals surface area contributed by atoms with Crippen molar-refractivity contribution in [1.29, 1.82) is 0 Å². The monoisotopic (exact) mass is 358 g/mol. The Kier molecular flexibility index (Phi) is 5.25. The highest BCUT2D eigenvalue weighted by Crippen LogP contribution is 2.29. The minimum Gasteiger partial charge on any atom is -0.481 e.